The van der Waals surface area contributed by atoms with Gasteiger partial charge in [-0.1, -0.05) is 40.6 Å². The van der Waals surface area contributed by atoms with Crippen molar-refractivity contribution in [1.82, 2.24) is 30.7 Å². The summed E-state index contributed by atoms with van der Waals surface area (Å²) in [5.74, 6) is -2.93. The van der Waals surface area contributed by atoms with Crippen molar-refractivity contribution in [3.05, 3.63) is 78.1 Å². The number of H-pyrrole nitrogens is 1. The lowest BCUT2D eigenvalue weighted by Crippen LogP contribution is -2.29. The van der Waals surface area contributed by atoms with E-state index in [9.17, 15) is 18.0 Å². The number of alkyl halides is 3. The third-order valence-electron chi connectivity index (χ3n) is 4.85. The number of carbonyl (C=O) groups excluding carboxylic acids is 1. The number of benzene rings is 1. The van der Waals surface area contributed by atoms with Crippen LogP contribution in [0.2, 0.25) is 0 Å². The molecule has 0 fully saturated rings. The van der Waals surface area contributed by atoms with Crippen molar-refractivity contribution < 1.29 is 36.9 Å². The van der Waals surface area contributed by atoms with Crippen molar-refractivity contribution in [3.63, 3.8) is 0 Å². The van der Waals surface area contributed by atoms with Crippen LogP contribution in [0.15, 0.2) is 70.4 Å². The Kier molecular flexibility index (Phi) is 9.55. The number of rotatable bonds is 10. The van der Waals surface area contributed by atoms with Gasteiger partial charge in [-0.3, -0.25) is 14.8 Å². The van der Waals surface area contributed by atoms with E-state index in [0.29, 0.717) is 25.3 Å². The van der Waals surface area contributed by atoms with Crippen molar-refractivity contribution in [2.75, 3.05) is 13.1 Å². The molecule has 1 aromatic carbocycles. The molecule has 4 aromatic rings. The Balaban J connectivity index is 0.000000479. The van der Waals surface area contributed by atoms with Crippen LogP contribution in [0.25, 0.3) is 11.3 Å². The summed E-state index contributed by atoms with van der Waals surface area (Å²) in [4.78, 5) is 23.5. The molecule has 196 valence electrons. The van der Waals surface area contributed by atoms with E-state index in [1.807, 2.05) is 30.3 Å². The van der Waals surface area contributed by atoms with E-state index in [1.54, 1.807) is 31.0 Å². The fourth-order valence-electron chi connectivity index (χ4n) is 3.13. The summed E-state index contributed by atoms with van der Waals surface area (Å²) >= 11 is 0. The van der Waals surface area contributed by atoms with Crippen LogP contribution in [0, 0.1) is 0 Å². The first-order valence-electron chi connectivity index (χ1n) is 10.9. The first kappa shape index (κ1) is 27.1. The summed E-state index contributed by atoms with van der Waals surface area (Å²) < 4.78 is 41.6. The van der Waals surface area contributed by atoms with Gasteiger partial charge in [0.2, 0.25) is 0 Å². The molecule has 14 heteroatoms. The number of nitrogens with one attached hydrogen (secondary N) is 2. The molecule has 0 aliphatic rings. The molecule has 37 heavy (non-hydrogen) atoms. The van der Waals surface area contributed by atoms with Crippen LogP contribution in [0.5, 0.6) is 0 Å². The molecular weight excluding hydrogens is 497 g/mol. The Morgan fingerprint density at radius 3 is 2.14 bits per heavy atom. The molecule has 0 saturated carbocycles. The summed E-state index contributed by atoms with van der Waals surface area (Å²) in [6.45, 7) is 2.68. The zero-order valence-corrected chi connectivity index (χ0v) is 19.3. The largest absolute Gasteiger partial charge is 0.490 e. The topological polar surface area (TPSA) is 150 Å². The molecule has 0 radical (unpaired) electrons. The van der Waals surface area contributed by atoms with E-state index in [0.717, 1.165) is 35.3 Å². The Hall–Kier alpha value is -4.46. The Bertz CT molecular complexity index is 1190. The minimum absolute atomic E-state index is 0.172. The zero-order chi connectivity index (χ0) is 26.7. The lowest BCUT2D eigenvalue weighted by Gasteiger charge is -2.20. The molecule has 1 amide bonds. The van der Waals surface area contributed by atoms with Crippen molar-refractivity contribution in [2.24, 2.45) is 0 Å². The molecule has 3 heterocycles. The second-order valence-corrected chi connectivity index (χ2v) is 7.72. The molecule has 4 rings (SSSR count). The van der Waals surface area contributed by atoms with E-state index in [4.69, 9.17) is 18.9 Å². The van der Waals surface area contributed by atoms with Gasteiger partial charge in [-0.2, -0.15) is 18.3 Å². The van der Waals surface area contributed by atoms with Crippen LogP contribution < -0.4 is 5.32 Å². The molecule has 3 aromatic heterocycles. The van der Waals surface area contributed by atoms with Crippen molar-refractivity contribution in [3.8, 4) is 11.3 Å². The molecule has 0 unspecified atom stereocenters. The first-order valence-corrected chi connectivity index (χ1v) is 10.9. The molecule has 0 saturated heterocycles. The zero-order valence-electron chi connectivity index (χ0n) is 19.3. The van der Waals surface area contributed by atoms with Gasteiger partial charge in [-0.25, -0.2) is 4.79 Å². The number of carboxylic acid groups (broad SMARTS) is 1. The highest BCUT2D eigenvalue weighted by Crippen LogP contribution is 2.17. The van der Waals surface area contributed by atoms with Gasteiger partial charge < -0.3 is 19.5 Å². The minimum Gasteiger partial charge on any atom is -0.475 e. The average molecular weight is 520 g/mol. The predicted octanol–water partition coefficient (Wildman–Crippen LogP) is 3.51. The second-order valence-electron chi connectivity index (χ2n) is 7.72. The molecular formula is C23H23F3N6O5. The highest BCUT2D eigenvalue weighted by Gasteiger charge is 2.38. The number of aromatic amines is 1. The van der Waals surface area contributed by atoms with Gasteiger partial charge in [-0.15, -0.1) is 0 Å². The van der Waals surface area contributed by atoms with Crippen LogP contribution in [-0.4, -0.2) is 61.7 Å². The van der Waals surface area contributed by atoms with Crippen LogP contribution >= 0.6 is 0 Å². The molecule has 0 aliphatic carbocycles. The fraction of sp³-hybridized carbons (Fsp3) is 0.261. The number of hydrogen-bond donors (Lipinski definition) is 3. The Labute approximate surface area is 208 Å². The van der Waals surface area contributed by atoms with Crippen molar-refractivity contribution >= 4 is 11.9 Å². The van der Waals surface area contributed by atoms with Crippen LogP contribution in [-0.2, 0) is 17.9 Å². The molecule has 11 nitrogen and oxygen atoms in total. The predicted molar refractivity (Wildman–Crippen MR) is 122 cm³/mol. The minimum atomic E-state index is -5.08. The standard InChI is InChI=1S/C21H22N6O3.C2HF3O2/c28-21(20-9-19(25-26-20)18-5-2-1-3-6-18)22-7-4-8-27(12-16-10-23-29-14-16)13-17-11-24-30-15-17;3-2(4,5)1(6)7/h1-3,5-6,9-11,14-15H,4,7-8,12-13H2,(H,22,28)(H,25,26);(H,6,7). The maximum Gasteiger partial charge on any atom is 0.490 e. The summed E-state index contributed by atoms with van der Waals surface area (Å²) in [6.07, 6.45) is 2.35. The van der Waals surface area contributed by atoms with Crippen LogP contribution in [0.1, 0.15) is 28.0 Å². The monoisotopic (exact) mass is 520 g/mol. The lowest BCUT2D eigenvalue weighted by atomic mass is 10.1. The maximum atomic E-state index is 12.4. The van der Waals surface area contributed by atoms with E-state index in [1.165, 1.54) is 0 Å². The first-order chi connectivity index (χ1) is 17.7. The highest BCUT2D eigenvalue weighted by molar-refractivity contribution is 5.93. The summed E-state index contributed by atoms with van der Waals surface area (Å²) in [5, 5.41) is 24.6. The number of halogens is 3. The van der Waals surface area contributed by atoms with E-state index in [-0.39, 0.29) is 5.91 Å². The SMILES string of the molecule is O=C(NCCCN(Cc1cnoc1)Cc1cnoc1)c1cc(-c2ccccc2)n[nH]1.O=C(O)C(F)(F)F. The number of carbonyl (C=O) groups is 2. The van der Waals surface area contributed by atoms with Gasteiger partial charge in [0, 0.05) is 42.9 Å². The number of aliphatic carboxylic acids is 1. The Morgan fingerprint density at radius 1 is 1.03 bits per heavy atom. The van der Waals surface area contributed by atoms with Gasteiger partial charge in [0.05, 0.1) is 18.1 Å². The summed E-state index contributed by atoms with van der Waals surface area (Å²) in [6, 6.07) is 11.5. The maximum absolute atomic E-state index is 12.4. The average Bonchev–Trinajstić information content (AvgIpc) is 3.65. The second kappa shape index (κ2) is 13.0. The molecule has 0 atom stereocenters. The van der Waals surface area contributed by atoms with E-state index < -0.39 is 12.1 Å². The van der Waals surface area contributed by atoms with Gasteiger partial charge >= 0.3 is 12.1 Å². The normalized spacial score (nSPS) is 11.1. The van der Waals surface area contributed by atoms with Crippen LogP contribution in [0.4, 0.5) is 13.2 Å². The summed E-state index contributed by atoms with van der Waals surface area (Å²) in [7, 11) is 0. The molecule has 3 N–H and O–H groups in total. The number of amides is 1. The van der Waals surface area contributed by atoms with E-state index >= 15 is 0 Å². The fourth-order valence-corrected chi connectivity index (χ4v) is 3.13. The highest BCUT2D eigenvalue weighted by atomic mass is 19.4. The van der Waals surface area contributed by atoms with Crippen LogP contribution in [0.3, 0.4) is 0 Å². The quantitative estimate of drug-likeness (QED) is 0.267. The summed E-state index contributed by atoms with van der Waals surface area (Å²) in [5.41, 5.74) is 4.13. The number of nitrogens with zero attached hydrogens (tertiary/aromatic N) is 4. The smallest absolute Gasteiger partial charge is 0.475 e. The van der Waals surface area contributed by atoms with E-state index in [2.05, 4.69) is 30.7 Å². The lowest BCUT2D eigenvalue weighted by molar-refractivity contribution is -0.192. The molecule has 0 aliphatic heterocycles. The third-order valence-corrected chi connectivity index (χ3v) is 4.85. The number of aromatic nitrogens is 4. The molecule has 0 spiro atoms. The number of hydrogen-bond acceptors (Lipinski definition) is 8. The van der Waals surface area contributed by atoms with Gasteiger partial charge in [0.25, 0.3) is 5.91 Å². The third kappa shape index (κ3) is 8.92. The van der Waals surface area contributed by atoms with Crippen molar-refractivity contribution in [1.29, 1.82) is 0 Å². The van der Waals surface area contributed by atoms with Crippen molar-refractivity contribution in [2.45, 2.75) is 25.7 Å². The molecule has 0 bridgehead atoms. The van der Waals surface area contributed by atoms with Gasteiger partial charge in [0.1, 0.15) is 18.2 Å². The number of carboxylic acids is 1. The van der Waals surface area contributed by atoms with Gasteiger partial charge in [0.15, 0.2) is 0 Å². The van der Waals surface area contributed by atoms with Gasteiger partial charge in [-0.05, 0) is 12.5 Å². The Morgan fingerprint density at radius 2 is 1.62 bits per heavy atom.